The van der Waals surface area contributed by atoms with E-state index in [1.807, 2.05) is 29.2 Å². The Balaban J connectivity index is 1.73. The Hall–Kier alpha value is -2.96. The number of aromatic nitrogens is 1. The monoisotopic (exact) mass is 360 g/mol. The molecule has 2 bridgehead atoms. The third-order valence-corrected chi connectivity index (χ3v) is 5.95. The predicted octanol–water partition coefficient (Wildman–Crippen LogP) is 2.94. The molecule has 0 N–H and O–H groups in total. The van der Waals surface area contributed by atoms with Crippen molar-refractivity contribution in [3.8, 4) is 12.1 Å². The summed E-state index contributed by atoms with van der Waals surface area (Å²) in [6, 6.07) is 9.86. The zero-order valence-corrected chi connectivity index (χ0v) is 14.4. The van der Waals surface area contributed by atoms with Gasteiger partial charge < -0.3 is 4.90 Å². The van der Waals surface area contributed by atoms with Gasteiger partial charge in [0.25, 0.3) is 0 Å². The topological polar surface area (TPSA) is 88.4 Å². The maximum absolute atomic E-state index is 9.69. The van der Waals surface area contributed by atoms with Crippen molar-refractivity contribution in [2.24, 2.45) is 27.7 Å². The van der Waals surface area contributed by atoms with E-state index in [2.05, 4.69) is 28.2 Å². The van der Waals surface area contributed by atoms with Gasteiger partial charge >= 0.3 is 0 Å². The van der Waals surface area contributed by atoms with E-state index in [4.69, 9.17) is 16.6 Å². The van der Waals surface area contributed by atoms with E-state index in [1.54, 1.807) is 6.20 Å². The number of allylic oxidation sites excluding steroid dienone is 3. The minimum Gasteiger partial charge on any atom is -0.309 e. The molecule has 26 heavy (non-hydrogen) atoms. The number of rotatable bonds is 1. The van der Waals surface area contributed by atoms with Crippen LogP contribution in [0, 0.1) is 40.4 Å². The van der Waals surface area contributed by atoms with Crippen LogP contribution in [0.5, 0.6) is 0 Å². The normalized spacial score (nSPS) is 33.8. The van der Waals surface area contributed by atoms with Crippen molar-refractivity contribution in [2.75, 3.05) is 0 Å². The summed E-state index contributed by atoms with van der Waals surface area (Å²) in [5.41, 5.74) is 1.19. The molecule has 6 nitrogen and oxygen atoms in total. The van der Waals surface area contributed by atoms with Crippen LogP contribution in [0.15, 0.2) is 57.9 Å². The summed E-state index contributed by atoms with van der Waals surface area (Å²) in [4.78, 5) is 15.4. The Labute approximate surface area is 155 Å². The maximum Gasteiger partial charge on any atom is 0.176 e. The lowest BCUT2D eigenvalue weighted by molar-refractivity contribution is 0.198. The molecule has 2 aliphatic carbocycles. The highest BCUT2D eigenvalue weighted by molar-refractivity contribution is 6.84. The van der Waals surface area contributed by atoms with E-state index in [0.717, 1.165) is 12.1 Å². The first-order valence-electron chi connectivity index (χ1n) is 8.48. The number of aliphatic imine (C=N–C) groups is 2. The molecular weight excluding hydrogens is 348 g/mol. The molecule has 126 valence electrons. The van der Waals surface area contributed by atoms with Crippen LogP contribution in [0.1, 0.15) is 18.2 Å². The van der Waals surface area contributed by atoms with E-state index in [0.29, 0.717) is 17.7 Å². The summed E-state index contributed by atoms with van der Waals surface area (Å²) < 4.78 is 0. The van der Waals surface area contributed by atoms with Crippen LogP contribution in [0.2, 0.25) is 0 Å². The van der Waals surface area contributed by atoms with Crippen molar-refractivity contribution in [3.05, 3.63) is 53.6 Å². The third kappa shape index (κ3) is 1.94. The van der Waals surface area contributed by atoms with Gasteiger partial charge in [0.15, 0.2) is 22.4 Å². The van der Waals surface area contributed by atoms with Gasteiger partial charge in [-0.3, -0.25) is 9.98 Å². The summed E-state index contributed by atoms with van der Waals surface area (Å²) >= 11 is 6.38. The van der Waals surface area contributed by atoms with E-state index in [-0.39, 0.29) is 34.6 Å². The zero-order chi connectivity index (χ0) is 17.8. The molecule has 0 amide bonds. The van der Waals surface area contributed by atoms with E-state index in [9.17, 15) is 10.5 Å². The standard InChI is InChI=1S/C19H13ClN6/c20-18-19-25-16(12-3-1-2-6-23-12)15-10-4-5-11(7-10)17(15)26(19)14(9-22)13(8-21)24-18/h1-6,10-11,15-17H,7H2. The van der Waals surface area contributed by atoms with Crippen LogP contribution < -0.4 is 0 Å². The highest BCUT2D eigenvalue weighted by Crippen LogP contribution is 2.55. The van der Waals surface area contributed by atoms with Crippen molar-refractivity contribution in [2.45, 2.75) is 18.5 Å². The van der Waals surface area contributed by atoms with Gasteiger partial charge in [0, 0.05) is 18.2 Å². The second-order valence-corrected chi connectivity index (χ2v) is 7.22. The smallest absolute Gasteiger partial charge is 0.176 e. The van der Waals surface area contributed by atoms with Crippen LogP contribution in [0.3, 0.4) is 0 Å². The minimum absolute atomic E-state index is 0.0340. The molecule has 2 aliphatic heterocycles. The molecule has 5 unspecified atom stereocenters. The molecule has 1 aromatic heterocycles. The molecule has 7 heteroatoms. The van der Waals surface area contributed by atoms with Gasteiger partial charge in [-0.2, -0.15) is 10.5 Å². The second-order valence-electron chi connectivity index (χ2n) is 6.86. The average Bonchev–Trinajstić information content (AvgIpc) is 3.30. The van der Waals surface area contributed by atoms with E-state index < -0.39 is 0 Å². The zero-order valence-electron chi connectivity index (χ0n) is 13.6. The molecule has 0 radical (unpaired) electrons. The molecule has 0 aromatic carbocycles. The fourth-order valence-electron chi connectivity index (χ4n) is 4.76. The van der Waals surface area contributed by atoms with Crippen molar-refractivity contribution < 1.29 is 0 Å². The van der Waals surface area contributed by atoms with Gasteiger partial charge in [-0.25, -0.2) is 4.99 Å². The number of halogens is 1. The Morgan fingerprint density at radius 1 is 1.15 bits per heavy atom. The molecule has 0 saturated heterocycles. The quantitative estimate of drug-likeness (QED) is 0.720. The molecule has 1 saturated carbocycles. The predicted molar refractivity (Wildman–Crippen MR) is 95.8 cm³/mol. The number of hydrogen-bond acceptors (Lipinski definition) is 6. The van der Waals surface area contributed by atoms with Crippen LogP contribution in [-0.2, 0) is 0 Å². The highest BCUT2D eigenvalue weighted by Gasteiger charge is 2.56. The van der Waals surface area contributed by atoms with Crippen LogP contribution in [0.4, 0.5) is 0 Å². The maximum atomic E-state index is 9.69. The molecule has 4 aliphatic rings. The van der Waals surface area contributed by atoms with E-state index >= 15 is 0 Å². The van der Waals surface area contributed by atoms with E-state index in [1.165, 1.54) is 0 Å². The summed E-state index contributed by atoms with van der Waals surface area (Å²) in [6.07, 6.45) is 7.26. The first kappa shape index (κ1) is 15.3. The van der Waals surface area contributed by atoms with Crippen LogP contribution in [-0.4, -0.2) is 26.9 Å². The fraction of sp³-hybridized carbons (Fsp3) is 0.316. The molecule has 0 spiro atoms. The summed E-state index contributed by atoms with van der Waals surface area (Å²) in [5.74, 6) is 1.34. The lowest BCUT2D eigenvalue weighted by Crippen LogP contribution is -2.54. The number of pyridine rings is 1. The molecule has 5 atom stereocenters. The lowest BCUT2D eigenvalue weighted by atomic mass is 9.79. The SMILES string of the molecule is N#CC1=C(C#N)N2C(=NC(c3ccccn3)C3C4C=CC(C4)C32)C(Cl)=N1. The van der Waals surface area contributed by atoms with Crippen molar-refractivity contribution >= 4 is 22.6 Å². The molecule has 5 rings (SSSR count). The third-order valence-electron chi connectivity index (χ3n) is 5.69. The second kappa shape index (κ2) is 5.52. The van der Waals surface area contributed by atoms with Gasteiger partial charge in [-0.15, -0.1) is 0 Å². The number of nitrogens with zero attached hydrogens (tertiary/aromatic N) is 6. The summed E-state index contributed by atoms with van der Waals surface area (Å²) in [6.45, 7) is 0. The van der Waals surface area contributed by atoms with Crippen molar-refractivity contribution in [1.29, 1.82) is 10.5 Å². The number of amidine groups is 1. The minimum atomic E-state index is -0.139. The van der Waals surface area contributed by atoms with Gasteiger partial charge in [0.05, 0.1) is 11.7 Å². The van der Waals surface area contributed by atoms with Crippen LogP contribution in [0.25, 0.3) is 0 Å². The Bertz CT molecular complexity index is 993. The number of fused-ring (bicyclic) bond motifs is 7. The average molecular weight is 361 g/mol. The largest absolute Gasteiger partial charge is 0.309 e. The summed E-state index contributed by atoms with van der Waals surface area (Å²) in [7, 11) is 0. The molecule has 3 heterocycles. The van der Waals surface area contributed by atoms with Gasteiger partial charge in [-0.05, 0) is 30.4 Å². The molecule has 1 aromatic rings. The molecule has 1 fully saturated rings. The van der Waals surface area contributed by atoms with Gasteiger partial charge in [0.1, 0.15) is 12.1 Å². The van der Waals surface area contributed by atoms with Crippen molar-refractivity contribution in [3.63, 3.8) is 0 Å². The van der Waals surface area contributed by atoms with Crippen molar-refractivity contribution in [1.82, 2.24) is 9.88 Å². The fourth-order valence-corrected chi connectivity index (χ4v) is 4.99. The highest BCUT2D eigenvalue weighted by atomic mass is 35.5. The van der Waals surface area contributed by atoms with Gasteiger partial charge in [-0.1, -0.05) is 29.8 Å². The first-order valence-corrected chi connectivity index (χ1v) is 8.86. The molecular formula is C19H13ClN6. The lowest BCUT2D eigenvalue weighted by Gasteiger charge is -2.45. The Morgan fingerprint density at radius 2 is 2.00 bits per heavy atom. The summed E-state index contributed by atoms with van der Waals surface area (Å²) in [5, 5.41) is 19.2. The van der Waals surface area contributed by atoms with Gasteiger partial charge in [0.2, 0.25) is 0 Å². The number of hydrogen-bond donors (Lipinski definition) is 0. The Kier molecular flexibility index (Phi) is 3.25. The first-order chi connectivity index (χ1) is 12.7. The Morgan fingerprint density at radius 3 is 2.73 bits per heavy atom. The number of nitriles is 2. The van der Waals surface area contributed by atoms with Crippen LogP contribution >= 0.6 is 11.6 Å².